The molecule has 0 bridgehead atoms. The van der Waals surface area contributed by atoms with Crippen molar-refractivity contribution in [2.45, 2.75) is 69.6 Å². The van der Waals surface area contributed by atoms with Gasteiger partial charge in [0.1, 0.15) is 11.3 Å². The molecule has 0 saturated heterocycles. The van der Waals surface area contributed by atoms with E-state index in [1.807, 2.05) is 0 Å². The monoisotopic (exact) mass is 444 g/mol. The minimum absolute atomic E-state index is 0.205. The molecule has 0 spiro atoms. The summed E-state index contributed by atoms with van der Waals surface area (Å²) in [4.78, 5) is 13.9. The van der Waals surface area contributed by atoms with Crippen molar-refractivity contribution in [3.8, 4) is 0 Å². The van der Waals surface area contributed by atoms with E-state index in [9.17, 15) is 9.50 Å². The molecule has 9 heteroatoms. The second-order valence-electron chi connectivity index (χ2n) is 8.52. The first-order valence-corrected chi connectivity index (χ1v) is 11.4. The fourth-order valence-electron chi connectivity index (χ4n) is 4.69. The average molecular weight is 445 g/mol. The van der Waals surface area contributed by atoms with Crippen LogP contribution >= 0.6 is 11.6 Å². The first-order chi connectivity index (χ1) is 15.1. The molecule has 31 heavy (non-hydrogen) atoms. The number of para-hydroxylation sites is 1. The van der Waals surface area contributed by atoms with Crippen LogP contribution in [0.1, 0.15) is 57.4 Å². The predicted octanol–water partition coefficient (Wildman–Crippen LogP) is 5.19. The predicted molar refractivity (Wildman–Crippen MR) is 119 cm³/mol. The molecule has 0 atom stereocenters. The van der Waals surface area contributed by atoms with Crippen molar-refractivity contribution >= 4 is 40.3 Å². The van der Waals surface area contributed by atoms with Gasteiger partial charge in [-0.15, -0.1) is 0 Å². The molecule has 0 radical (unpaired) electrons. The van der Waals surface area contributed by atoms with Gasteiger partial charge in [0.2, 0.25) is 11.9 Å². The molecular formula is C22H26ClFN6O. The van der Waals surface area contributed by atoms with E-state index < -0.39 is 5.82 Å². The van der Waals surface area contributed by atoms with Crippen molar-refractivity contribution < 1.29 is 9.50 Å². The van der Waals surface area contributed by atoms with Gasteiger partial charge in [0, 0.05) is 12.1 Å². The van der Waals surface area contributed by atoms with Crippen LogP contribution in [-0.2, 0) is 0 Å². The molecule has 2 aliphatic carbocycles. The number of benzene rings is 1. The van der Waals surface area contributed by atoms with E-state index >= 15 is 0 Å². The molecule has 7 nitrogen and oxygen atoms in total. The van der Waals surface area contributed by atoms with Crippen LogP contribution in [-0.4, -0.2) is 36.8 Å². The van der Waals surface area contributed by atoms with E-state index in [0.29, 0.717) is 22.4 Å². The SMILES string of the molecule is O[C@H]1CC[C@H](Nc2ncc3nc(Nc4c(F)cccc4Cl)n(C4CCCC4)c3n2)CC1. The van der Waals surface area contributed by atoms with Crippen LogP contribution in [0, 0.1) is 5.82 Å². The molecule has 2 saturated carbocycles. The maximum atomic E-state index is 14.4. The lowest BCUT2D eigenvalue weighted by Crippen LogP contribution is -2.29. The van der Waals surface area contributed by atoms with E-state index in [0.717, 1.165) is 57.0 Å². The van der Waals surface area contributed by atoms with Gasteiger partial charge in [-0.05, 0) is 50.7 Å². The maximum absolute atomic E-state index is 14.4. The second kappa shape index (κ2) is 8.59. The lowest BCUT2D eigenvalue weighted by Gasteiger charge is -2.26. The Bertz CT molecular complexity index is 1060. The van der Waals surface area contributed by atoms with Crippen molar-refractivity contribution in [3.05, 3.63) is 35.2 Å². The highest BCUT2D eigenvalue weighted by molar-refractivity contribution is 6.33. The topological polar surface area (TPSA) is 87.9 Å². The van der Waals surface area contributed by atoms with Gasteiger partial charge in [-0.2, -0.15) is 4.98 Å². The van der Waals surface area contributed by atoms with E-state index in [1.165, 1.54) is 6.07 Å². The van der Waals surface area contributed by atoms with Gasteiger partial charge >= 0.3 is 0 Å². The number of nitrogens with one attached hydrogen (secondary N) is 2. The third-order valence-corrected chi connectivity index (χ3v) is 6.67. The number of imidazole rings is 1. The normalized spacial score (nSPS) is 22.2. The number of rotatable bonds is 5. The quantitative estimate of drug-likeness (QED) is 0.501. The van der Waals surface area contributed by atoms with Gasteiger partial charge in [-0.25, -0.2) is 14.4 Å². The summed E-state index contributed by atoms with van der Waals surface area (Å²) in [5, 5.41) is 16.6. The summed E-state index contributed by atoms with van der Waals surface area (Å²) in [7, 11) is 0. The zero-order valence-corrected chi connectivity index (χ0v) is 17.9. The Morgan fingerprint density at radius 1 is 1.06 bits per heavy atom. The van der Waals surface area contributed by atoms with Crippen LogP contribution in [0.4, 0.5) is 22.0 Å². The smallest absolute Gasteiger partial charge is 0.224 e. The number of nitrogens with zero attached hydrogens (tertiary/aromatic N) is 4. The minimum atomic E-state index is -0.426. The molecule has 3 N–H and O–H groups in total. The highest BCUT2D eigenvalue weighted by Gasteiger charge is 2.26. The standard InChI is InChI=1S/C22H26ClFN6O/c23-16-6-3-7-17(24)19(16)28-22-27-18-12-25-21(26-13-8-10-15(31)11-9-13)29-20(18)30(22)14-4-1-2-5-14/h3,6-7,12-15,31H,1-2,4-5,8-11H2,(H,27,28)(H,25,26,29)/t13-,15-. The zero-order valence-electron chi connectivity index (χ0n) is 17.2. The summed E-state index contributed by atoms with van der Waals surface area (Å²) in [5.74, 6) is 0.662. The number of aromatic nitrogens is 4. The van der Waals surface area contributed by atoms with Gasteiger partial charge in [-0.1, -0.05) is 30.5 Å². The second-order valence-corrected chi connectivity index (χ2v) is 8.92. The number of aliphatic hydroxyl groups excluding tert-OH is 1. The summed E-state index contributed by atoms with van der Waals surface area (Å²) in [6.45, 7) is 0. The molecule has 3 aromatic rings. The fourth-order valence-corrected chi connectivity index (χ4v) is 4.90. The first-order valence-electron chi connectivity index (χ1n) is 11.0. The van der Waals surface area contributed by atoms with Gasteiger partial charge in [-0.3, -0.25) is 4.57 Å². The van der Waals surface area contributed by atoms with Crippen LogP contribution in [0.15, 0.2) is 24.4 Å². The summed E-state index contributed by atoms with van der Waals surface area (Å²) in [6.07, 6.45) is 9.21. The van der Waals surface area contributed by atoms with Crippen LogP contribution in [0.5, 0.6) is 0 Å². The van der Waals surface area contributed by atoms with Gasteiger partial charge in [0.05, 0.1) is 23.0 Å². The Morgan fingerprint density at radius 2 is 1.84 bits per heavy atom. The summed E-state index contributed by atoms with van der Waals surface area (Å²) in [6, 6.07) is 5.10. The first kappa shape index (κ1) is 20.5. The molecule has 2 aromatic heterocycles. The number of hydrogen-bond donors (Lipinski definition) is 3. The summed E-state index contributed by atoms with van der Waals surface area (Å²) < 4.78 is 16.5. The van der Waals surface area contributed by atoms with Crippen molar-refractivity contribution in [2.75, 3.05) is 10.6 Å². The summed E-state index contributed by atoms with van der Waals surface area (Å²) >= 11 is 6.24. The van der Waals surface area contributed by atoms with Crippen molar-refractivity contribution in [1.82, 2.24) is 19.5 Å². The Hall–Kier alpha value is -2.45. The Kier molecular flexibility index (Phi) is 5.67. The molecular weight excluding hydrogens is 419 g/mol. The number of hydrogen-bond acceptors (Lipinski definition) is 6. The number of fused-ring (bicyclic) bond motifs is 1. The Labute approximate surface area is 185 Å². The molecule has 2 heterocycles. The summed E-state index contributed by atoms with van der Waals surface area (Å²) in [5.41, 5.74) is 1.60. The maximum Gasteiger partial charge on any atom is 0.224 e. The van der Waals surface area contributed by atoms with Gasteiger partial charge in [0.25, 0.3) is 0 Å². The third-order valence-electron chi connectivity index (χ3n) is 6.35. The number of aliphatic hydroxyl groups is 1. The van der Waals surface area contributed by atoms with Crippen molar-refractivity contribution in [3.63, 3.8) is 0 Å². The lowest BCUT2D eigenvalue weighted by atomic mass is 9.93. The Morgan fingerprint density at radius 3 is 2.58 bits per heavy atom. The molecule has 5 rings (SSSR count). The molecule has 1 aromatic carbocycles. The van der Waals surface area contributed by atoms with Crippen LogP contribution < -0.4 is 10.6 Å². The van der Waals surface area contributed by atoms with E-state index in [-0.39, 0.29) is 23.9 Å². The van der Waals surface area contributed by atoms with Gasteiger partial charge < -0.3 is 15.7 Å². The Balaban J connectivity index is 1.50. The van der Waals surface area contributed by atoms with Crippen LogP contribution in [0.25, 0.3) is 11.2 Å². The third kappa shape index (κ3) is 4.19. The lowest BCUT2D eigenvalue weighted by molar-refractivity contribution is 0.126. The average Bonchev–Trinajstić information content (AvgIpc) is 3.39. The highest BCUT2D eigenvalue weighted by atomic mass is 35.5. The fraction of sp³-hybridized carbons (Fsp3) is 0.500. The van der Waals surface area contributed by atoms with E-state index in [1.54, 1.807) is 18.3 Å². The van der Waals surface area contributed by atoms with E-state index in [4.69, 9.17) is 16.6 Å². The van der Waals surface area contributed by atoms with Gasteiger partial charge in [0.15, 0.2) is 5.65 Å². The van der Waals surface area contributed by atoms with Crippen LogP contribution in [0.3, 0.4) is 0 Å². The molecule has 164 valence electrons. The van der Waals surface area contributed by atoms with Crippen molar-refractivity contribution in [2.24, 2.45) is 0 Å². The largest absolute Gasteiger partial charge is 0.393 e. The zero-order chi connectivity index (χ0) is 21.4. The highest BCUT2D eigenvalue weighted by Crippen LogP contribution is 2.37. The number of halogens is 2. The molecule has 0 unspecified atom stereocenters. The minimum Gasteiger partial charge on any atom is -0.393 e. The molecule has 2 fully saturated rings. The number of anilines is 3. The molecule has 2 aliphatic rings. The van der Waals surface area contributed by atoms with Crippen molar-refractivity contribution in [1.29, 1.82) is 0 Å². The van der Waals surface area contributed by atoms with Crippen LogP contribution in [0.2, 0.25) is 5.02 Å². The van der Waals surface area contributed by atoms with E-state index in [2.05, 4.69) is 25.2 Å². The molecule has 0 aliphatic heterocycles. The molecule has 0 amide bonds.